The molecule has 16 heavy (non-hydrogen) atoms. The Hall–Kier alpha value is -1.71. The van der Waals surface area contributed by atoms with Crippen LogP contribution in [0, 0.1) is 5.92 Å². The lowest BCUT2D eigenvalue weighted by atomic mass is 9.86. The predicted octanol–water partition coefficient (Wildman–Crippen LogP) is 1.68. The summed E-state index contributed by atoms with van der Waals surface area (Å²) in [5.41, 5.74) is 6.03. The Kier molecular flexibility index (Phi) is 2.30. The zero-order chi connectivity index (χ0) is 11.9. The molecule has 1 aromatic carbocycles. The second kappa shape index (κ2) is 3.40. The summed E-state index contributed by atoms with van der Waals surface area (Å²) in [5.74, 6) is -0.388. The fraction of sp³-hybridized carbons (Fsp3) is 0.417. The Balaban J connectivity index is 2.42. The molecule has 3 N–H and O–H groups in total. The number of ether oxygens (including phenoxy) is 1. The minimum atomic E-state index is -1.14. The number of fused-ring (bicyclic) bond motifs is 1. The molecular weight excluding hydrogens is 206 g/mol. The van der Waals surface area contributed by atoms with E-state index in [2.05, 4.69) is 0 Å². The number of hydrogen-bond donors (Lipinski definition) is 2. The Morgan fingerprint density at radius 2 is 2.25 bits per heavy atom. The van der Waals surface area contributed by atoms with Crippen LogP contribution in [0.5, 0.6) is 5.75 Å². The quantitative estimate of drug-likeness (QED) is 0.745. The van der Waals surface area contributed by atoms with Gasteiger partial charge in [0.2, 0.25) is 5.60 Å². The van der Waals surface area contributed by atoms with Crippen molar-refractivity contribution < 1.29 is 14.6 Å². The lowest BCUT2D eigenvalue weighted by Crippen LogP contribution is -2.48. The molecule has 0 fully saturated rings. The Bertz CT molecular complexity index is 442. The largest absolute Gasteiger partial charge is 0.478 e. The number of rotatable bonds is 2. The van der Waals surface area contributed by atoms with E-state index in [4.69, 9.17) is 10.5 Å². The van der Waals surface area contributed by atoms with Gasteiger partial charge in [0.25, 0.3) is 0 Å². The van der Waals surface area contributed by atoms with Crippen molar-refractivity contribution in [1.29, 1.82) is 0 Å². The average molecular weight is 221 g/mol. The van der Waals surface area contributed by atoms with Crippen molar-refractivity contribution in [3.63, 3.8) is 0 Å². The summed E-state index contributed by atoms with van der Waals surface area (Å²) >= 11 is 0. The zero-order valence-electron chi connectivity index (χ0n) is 9.36. The van der Waals surface area contributed by atoms with Crippen molar-refractivity contribution in [3.8, 4) is 5.75 Å². The summed E-state index contributed by atoms with van der Waals surface area (Å²) in [6.07, 6.45) is 0.375. The highest BCUT2D eigenvalue weighted by Gasteiger charge is 2.49. The third kappa shape index (κ3) is 1.41. The molecule has 1 aliphatic heterocycles. The summed E-state index contributed by atoms with van der Waals surface area (Å²) in [6.45, 7) is 3.70. The maximum Gasteiger partial charge on any atom is 0.348 e. The maximum absolute atomic E-state index is 11.4. The summed E-state index contributed by atoms with van der Waals surface area (Å²) in [4.78, 5) is 11.4. The number of carboxylic acid groups (broad SMARTS) is 1. The molecule has 2 rings (SSSR count). The van der Waals surface area contributed by atoms with Gasteiger partial charge in [0.05, 0.1) is 0 Å². The molecule has 1 unspecified atom stereocenters. The van der Waals surface area contributed by atoms with Crippen LogP contribution in [-0.2, 0) is 11.2 Å². The monoisotopic (exact) mass is 221 g/mol. The van der Waals surface area contributed by atoms with Crippen LogP contribution in [0.25, 0.3) is 0 Å². The van der Waals surface area contributed by atoms with E-state index in [0.717, 1.165) is 5.56 Å². The molecule has 0 saturated carbocycles. The highest BCUT2D eigenvalue weighted by atomic mass is 16.5. The first-order valence-electron chi connectivity index (χ1n) is 5.26. The molecule has 1 aliphatic rings. The van der Waals surface area contributed by atoms with E-state index in [9.17, 15) is 9.90 Å². The fourth-order valence-electron chi connectivity index (χ4n) is 2.04. The molecule has 4 nitrogen and oxygen atoms in total. The first kappa shape index (κ1) is 10.8. The van der Waals surface area contributed by atoms with Gasteiger partial charge in [0.1, 0.15) is 5.75 Å². The molecule has 1 aromatic rings. The molecule has 0 saturated heterocycles. The van der Waals surface area contributed by atoms with E-state index in [1.807, 2.05) is 13.8 Å². The van der Waals surface area contributed by atoms with Gasteiger partial charge in [-0.2, -0.15) is 0 Å². The van der Waals surface area contributed by atoms with Crippen LogP contribution < -0.4 is 10.5 Å². The van der Waals surface area contributed by atoms with E-state index in [-0.39, 0.29) is 5.92 Å². The fourth-order valence-corrected chi connectivity index (χ4v) is 2.04. The molecule has 1 atom stereocenters. The molecule has 0 aromatic heterocycles. The molecule has 86 valence electrons. The van der Waals surface area contributed by atoms with Gasteiger partial charge in [-0.05, 0) is 18.2 Å². The second-order valence-electron chi connectivity index (χ2n) is 4.50. The number of carboxylic acids is 1. The van der Waals surface area contributed by atoms with Crippen molar-refractivity contribution in [2.24, 2.45) is 5.92 Å². The number of carbonyl (C=O) groups is 1. The average Bonchev–Trinajstić information content (AvgIpc) is 2.57. The van der Waals surface area contributed by atoms with Crippen LogP contribution in [0.15, 0.2) is 18.2 Å². The van der Waals surface area contributed by atoms with Crippen LogP contribution in [-0.4, -0.2) is 16.7 Å². The van der Waals surface area contributed by atoms with Gasteiger partial charge in [0, 0.05) is 23.6 Å². The highest BCUT2D eigenvalue weighted by molar-refractivity contribution is 5.80. The molecule has 0 radical (unpaired) electrons. The lowest BCUT2D eigenvalue weighted by molar-refractivity contribution is -0.157. The molecule has 0 aliphatic carbocycles. The Morgan fingerprint density at radius 1 is 1.56 bits per heavy atom. The van der Waals surface area contributed by atoms with Crippen molar-refractivity contribution in [1.82, 2.24) is 0 Å². The molecule has 0 spiro atoms. The summed E-state index contributed by atoms with van der Waals surface area (Å²) in [5, 5.41) is 9.32. The lowest BCUT2D eigenvalue weighted by Gasteiger charge is -2.27. The predicted molar refractivity (Wildman–Crippen MR) is 60.4 cm³/mol. The van der Waals surface area contributed by atoms with Gasteiger partial charge in [-0.3, -0.25) is 0 Å². The van der Waals surface area contributed by atoms with E-state index >= 15 is 0 Å². The number of hydrogen-bond acceptors (Lipinski definition) is 3. The molecule has 4 heteroatoms. The second-order valence-corrected chi connectivity index (χ2v) is 4.50. The standard InChI is InChI=1S/C12H15NO3/c1-7(2)12(11(14)15)6-8-5-9(13)3-4-10(8)16-12/h3-5,7H,6,13H2,1-2H3,(H,14,15). The van der Waals surface area contributed by atoms with E-state index in [0.29, 0.717) is 17.9 Å². The van der Waals surface area contributed by atoms with Gasteiger partial charge in [-0.25, -0.2) is 4.79 Å². The van der Waals surface area contributed by atoms with E-state index in [1.165, 1.54) is 0 Å². The number of nitrogen functional groups attached to an aromatic ring is 1. The minimum Gasteiger partial charge on any atom is -0.478 e. The highest BCUT2D eigenvalue weighted by Crippen LogP contribution is 2.40. The van der Waals surface area contributed by atoms with Crippen LogP contribution in [0.1, 0.15) is 19.4 Å². The van der Waals surface area contributed by atoms with Gasteiger partial charge < -0.3 is 15.6 Å². The first-order valence-corrected chi connectivity index (χ1v) is 5.26. The SMILES string of the molecule is CC(C)C1(C(=O)O)Cc2cc(N)ccc2O1. The van der Waals surface area contributed by atoms with Gasteiger partial charge in [-0.15, -0.1) is 0 Å². The van der Waals surface area contributed by atoms with E-state index in [1.54, 1.807) is 18.2 Å². The van der Waals surface area contributed by atoms with Gasteiger partial charge in [-0.1, -0.05) is 13.8 Å². The third-order valence-corrected chi connectivity index (χ3v) is 3.12. The molecule has 1 heterocycles. The summed E-state index contributed by atoms with van der Waals surface area (Å²) in [6, 6.07) is 5.23. The Morgan fingerprint density at radius 3 is 2.81 bits per heavy atom. The minimum absolute atomic E-state index is 0.0985. The Labute approximate surface area is 94.0 Å². The molecule has 0 amide bonds. The summed E-state index contributed by atoms with van der Waals surface area (Å²) in [7, 11) is 0. The topological polar surface area (TPSA) is 72.5 Å². The number of anilines is 1. The van der Waals surface area contributed by atoms with E-state index < -0.39 is 11.6 Å². The van der Waals surface area contributed by atoms with Crippen molar-refractivity contribution in [3.05, 3.63) is 23.8 Å². The zero-order valence-corrected chi connectivity index (χ0v) is 9.36. The van der Waals surface area contributed by atoms with Gasteiger partial charge in [0.15, 0.2) is 0 Å². The van der Waals surface area contributed by atoms with Crippen molar-refractivity contribution in [2.45, 2.75) is 25.9 Å². The maximum atomic E-state index is 11.4. The first-order chi connectivity index (χ1) is 7.45. The van der Waals surface area contributed by atoms with Crippen LogP contribution in [0.4, 0.5) is 5.69 Å². The smallest absolute Gasteiger partial charge is 0.348 e. The third-order valence-electron chi connectivity index (χ3n) is 3.12. The van der Waals surface area contributed by atoms with Crippen LogP contribution in [0.2, 0.25) is 0 Å². The van der Waals surface area contributed by atoms with Crippen molar-refractivity contribution in [2.75, 3.05) is 5.73 Å². The normalized spacial score (nSPS) is 22.9. The number of benzene rings is 1. The number of nitrogens with two attached hydrogens (primary N) is 1. The molecular formula is C12H15NO3. The van der Waals surface area contributed by atoms with Crippen LogP contribution in [0.3, 0.4) is 0 Å². The van der Waals surface area contributed by atoms with Gasteiger partial charge >= 0.3 is 5.97 Å². The number of aliphatic carboxylic acids is 1. The van der Waals surface area contributed by atoms with Crippen LogP contribution >= 0.6 is 0 Å². The van der Waals surface area contributed by atoms with Crippen molar-refractivity contribution >= 4 is 11.7 Å². The molecule has 0 bridgehead atoms. The summed E-state index contributed by atoms with van der Waals surface area (Å²) < 4.78 is 5.62.